The third-order valence-corrected chi connectivity index (χ3v) is 3.72. The lowest BCUT2D eigenvalue weighted by molar-refractivity contribution is -0.151. The van der Waals surface area contributed by atoms with Gasteiger partial charge in [0, 0.05) is 5.69 Å². The van der Waals surface area contributed by atoms with Crippen LogP contribution in [0.15, 0.2) is 24.3 Å². The first-order chi connectivity index (χ1) is 10.6. The smallest absolute Gasteiger partial charge is 0.309 e. The molecule has 0 bridgehead atoms. The van der Waals surface area contributed by atoms with E-state index in [2.05, 4.69) is 12.2 Å². The quantitative estimate of drug-likeness (QED) is 0.703. The normalized spacial score (nSPS) is 10.5. The lowest BCUT2D eigenvalue weighted by Crippen LogP contribution is -2.24. The van der Waals surface area contributed by atoms with E-state index in [9.17, 15) is 9.59 Å². The van der Waals surface area contributed by atoms with Crippen LogP contribution in [0, 0.1) is 5.92 Å². The molecule has 0 spiro atoms. The number of carbonyl (C=O) groups is 2. The Kier molecular flexibility index (Phi) is 8.26. The average molecular weight is 305 g/mol. The summed E-state index contributed by atoms with van der Waals surface area (Å²) < 4.78 is 5.05. The first-order valence-corrected chi connectivity index (χ1v) is 8.16. The number of hydrogen-bond donors (Lipinski definition) is 1. The molecule has 0 unspecified atom stereocenters. The zero-order chi connectivity index (χ0) is 16.4. The molecule has 0 aliphatic carbocycles. The number of benzene rings is 1. The van der Waals surface area contributed by atoms with Crippen molar-refractivity contribution in [3.63, 3.8) is 0 Å². The van der Waals surface area contributed by atoms with E-state index in [0.717, 1.165) is 31.4 Å². The lowest BCUT2D eigenvalue weighted by Gasteiger charge is -2.12. The fourth-order valence-electron chi connectivity index (χ4n) is 2.21. The monoisotopic (exact) mass is 305 g/mol. The fourth-order valence-corrected chi connectivity index (χ4v) is 2.21. The number of hydrogen-bond acceptors (Lipinski definition) is 3. The van der Waals surface area contributed by atoms with Crippen LogP contribution in [0.4, 0.5) is 5.69 Å². The Balaban J connectivity index is 2.40. The van der Waals surface area contributed by atoms with Crippen LogP contribution in [-0.4, -0.2) is 18.5 Å². The maximum Gasteiger partial charge on any atom is 0.309 e. The topological polar surface area (TPSA) is 55.4 Å². The first kappa shape index (κ1) is 18.2. The molecule has 1 amide bonds. The average Bonchev–Trinajstić information content (AvgIpc) is 2.53. The molecule has 0 saturated heterocycles. The van der Waals surface area contributed by atoms with Crippen molar-refractivity contribution in [3.8, 4) is 0 Å². The number of anilines is 1. The lowest BCUT2D eigenvalue weighted by atomic mass is 10.0. The maximum absolute atomic E-state index is 11.8. The van der Waals surface area contributed by atoms with Gasteiger partial charge < -0.3 is 10.1 Å². The predicted octanol–water partition coefficient (Wildman–Crippen LogP) is 3.95. The predicted molar refractivity (Wildman–Crippen MR) is 88.7 cm³/mol. The molecule has 4 heteroatoms. The van der Waals surface area contributed by atoms with E-state index in [1.165, 1.54) is 12.0 Å². The number of unbranched alkanes of at least 4 members (excludes halogenated alkanes) is 1. The van der Waals surface area contributed by atoms with Gasteiger partial charge in [-0.1, -0.05) is 39.3 Å². The van der Waals surface area contributed by atoms with Gasteiger partial charge in [-0.25, -0.2) is 0 Å². The summed E-state index contributed by atoms with van der Waals surface area (Å²) in [6.45, 7) is 5.82. The van der Waals surface area contributed by atoms with Crippen molar-refractivity contribution in [3.05, 3.63) is 29.8 Å². The summed E-state index contributed by atoms with van der Waals surface area (Å²) >= 11 is 0. The number of aryl methyl sites for hydroxylation is 1. The molecule has 0 heterocycles. The summed E-state index contributed by atoms with van der Waals surface area (Å²) in [5.41, 5.74) is 1.99. The minimum atomic E-state index is -0.305. The summed E-state index contributed by atoms with van der Waals surface area (Å²) in [5, 5.41) is 2.74. The summed E-state index contributed by atoms with van der Waals surface area (Å²) in [7, 11) is 0. The van der Waals surface area contributed by atoms with Gasteiger partial charge in [0.2, 0.25) is 0 Å². The molecule has 1 N–H and O–H groups in total. The van der Waals surface area contributed by atoms with Crippen LogP contribution < -0.4 is 5.32 Å². The van der Waals surface area contributed by atoms with Crippen LogP contribution in [0.3, 0.4) is 0 Å². The summed E-state index contributed by atoms with van der Waals surface area (Å²) in [5.74, 6) is -0.721. The number of esters is 1. The highest BCUT2D eigenvalue weighted by atomic mass is 16.5. The molecule has 22 heavy (non-hydrogen) atoms. The number of amides is 1. The van der Waals surface area contributed by atoms with Gasteiger partial charge in [-0.15, -0.1) is 0 Å². The second kappa shape index (κ2) is 9.98. The molecule has 122 valence electrons. The molecule has 0 aliphatic heterocycles. The first-order valence-electron chi connectivity index (χ1n) is 8.16. The van der Waals surface area contributed by atoms with Gasteiger partial charge in [0.25, 0.3) is 5.91 Å². The third-order valence-electron chi connectivity index (χ3n) is 3.72. The fraction of sp³-hybridized carbons (Fsp3) is 0.556. The molecule has 0 aromatic heterocycles. The molecule has 0 aliphatic rings. The van der Waals surface area contributed by atoms with Crippen molar-refractivity contribution < 1.29 is 14.3 Å². The van der Waals surface area contributed by atoms with Crippen molar-refractivity contribution in [2.24, 2.45) is 5.92 Å². The van der Waals surface area contributed by atoms with E-state index >= 15 is 0 Å². The van der Waals surface area contributed by atoms with Crippen molar-refractivity contribution in [1.29, 1.82) is 0 Å². The van der Waals surface area contributed by atoms with Crippen LogP contribution >= 0.6 is 0 Å². The molecule has 1 rings (SSSR count). The molecule has 0 radical (unpaired) electrons. The summed E-state index contributed by atoms with van der Waals surface area (Å²) in [6, 6.07) is 7.79. The number of nitrogens with one attached hydrogen (secondary N) is 1. The Morgan fingerprint density at radius 2 is 1.73 bits per heavy atom. The molecule has 1 aromatic rings. The van der Waals surface area contributed by atoms with Crippen molar-refractivity contribution >= 4 is 17.6 Å². The Morgan fingerprint density at radius 1 is 1.09 bits per heavy atom. The molecular weight excluding hydrogens is 278 g/mol. The Bertz CT molecular complexity index is 464. The number of rotatable bonds is 9. The highest BCUT2D eigenvalue weighted by Crippen LogP contribution is 2.12. The summed E-state index contributed by atoms with van der Waals surface area (Å²) in [6.07, 6.45) is 4.85. The van der Waals surface area contributed by atoms with Gasteiger partial charge in [-0.3, -0.25) is 9.59 Å². The standard InChI is InChI=1S/C18H27NO3/c1-4-7-8-14-9-11-16(12-10-14)19-17(20)13-22-18(21)15(5-2)6-3/h9-12,15H,4-8,13H2,1-3H3,(H,19,20). The van der Waals surface area contributed by atoms with Gasteiger partial charge in [-0.2, -0.15) is 0 Å². The van der Waals surface area contributed by atoms with Crippen molar-refractivity contribution in [2.45, 2.75) is 52.9 Å². The van der Waals surface area contributed by atoms with Crippen LogP contribution in [-0.2, 0) is 20.7 Å². The largest absolute Gasteiger partial charge is 0.455 e. The minimum Gasteiger partial charge on any atom is -0.455 e. The van der Waals surface area contributed by atoms with Gasteiger partial charge in [0.1, 0.15) is 0 Å². The molecule has 1 aromatic carbocycles. The molecular formula is C18H27NO3. The third kappa shape index (κ3) is 6.29. The van der Waals surface area contributed by atoms with Gasteiger partial charge in [-0.05, 0) is 43.4 Å². The zero-order valence-corrected chi connectivity index (χ0v) is 13.9. The number of ether oxygens (including phenoxy) is 1. The van der Waals surface area contributed by atoms with Crippen LogP contribution in [0.5, 0.6) is 0 Å². The molecule has 0 fully saturated rings. The zero-order valence-electron chi connectivity index (χ0n) is 13.9. The molecule has 0 saturated carbocycles. The van der Waals surface area contributed by atoms with Crippen LogP contribution in [0.1, 0.15) is 52.0 Å². The Morgan fingerprint density at radius 3 is 2.27 bits per heavy atom. The van der Waals surface area contributed by atoms with E-state index in [0.29, 0.717) is 0 Å². The van der Waals surface area contributed by atoms with E-state index in [4.69, 9.17) is 4.74 Å². The maximum atomic E-state index is 11.8. The second-order valence-corrected chi connectivity index (χ2v) is 5.47. The van der Waals surface area contributed by atoms with E-state index in [-0.39, 0.29) is 24.4 Å². The van der Waals surface area contributed by atoms with E-state index < -0.39 is 0 Å². The number of carbonyl (C=O) groups excluding carboxylic acids is 2. The van der Waals surface area contributed by atoms with E-state index in [1.807, 2.05) is 38.1 Å². The highest BCUT2D eigenvalue weighted by molar-refractivity contribution is 5.92. The van der Waals surface area contributed by atoms with Gasteiger partial charge in [0.05, 0.1) is 5.92 Å². The Hall–Kier alpha value is -1.84. The highest BCUT2D eigenvalue weighted by Gasteiger charge is 2.16. The van der Waals surface area contributed by atoms with Crippen molar-refractivity contribution in [2.75, 3.05) is 11.9 Å². The van der Waals surface area contributed by atoms with Crippen molar-refractivity contribution in [1.82, 2.24) is 0 Å². The van der Waals surface area contributed by atoms with E-state index in [1.54, 1.807) is 0 Å². The molecule has 0 atom stereocenters. The second-order valence-electron chi connectivity index (χ2n) is 5.47. The molecule has 4 nitrogen and oxygen atoms in total. The summed E-state index contributed by atoms with van der Waals surface area (Å²) in [4.78, 5) is 23.5. The SMILES string of the molecule is CCCCc1ccc(NC(=O)COC(=O)C(CC)CC)cc1. The minimum absolute atomic E-state index is 0.120. The Labute approximate surface area is 133 Å². The van der Waals surface area contributed by atoms with Crippen LogP contribution in [0.25, 0.3) is 0 Å². The van der Waals surface area contributed by atoms with Crippen LogP contribution in [0.2, 0.25) is 0 Å². The van der Waals surface area contributed by atoms with Gasteiger partial charge in [0.15, 0.2) is 6.61 Å². The van der Waals surface area contributed by atoms with Gasteiger partial charge >= 0.3 is 5.97 Å².